The highest BCUT2D eigenvalue weighted by Gasteiger charge is 2.03. The number of carbonyl (C=O) groups is 1. The highest BCUT2D eigenvalue weighted by atomic mass is 16.5. The number of ether oxygens (including phenoxy) is 1. The zero-order valence-electron chi connectivity index (χ0n) is 24.7. The first-order chi connectivity index (χ1) is 17.2. The Bertz CT molecular complexity index is 406. The van der Waals surface area contributed by atoms with E-state index in [2.05, 4.69) is 20.8 Å². The number of rotatable bonds is 29. The molecule has 0 aromatic heterocycles. The molecule has 0 heterocycles. The van der Waals surface area contributed by atoms with E-state index in [1.165, 1.54) is 154 Å². The SMILES string of the molecule is CCCCCCCCCCCC(=O)OCCCCCCCCCCCCCCCCCC(C)CC. The average molecular weight is 495 g/mol. The molecule has 0 bridgehead atoms. The third-order valence-corrected chi connectivity index (χ3v) is 7.79. The molecule has 0 N–H and O–H groups in total. The van der Waals surface area contributed by atoms with Gasteiger partial charge in [-0.1, -0.05) is 175 Å². The molecular weight excluding hydrogens is 428 g/mol. The van der Waals surface area contributed by atoms with E-state index in [1.54, 1.807) is 0 Å². The summed E-state index contributed by atoms with van der Waals surface area (Å²) in [5.74, 6) is 0.952. The van der Waals surface area contributed by atoms with Crippen molar-refractivity contribution in [1.82, 2.24) is 0 Å². The van der Waals surface area contributed by atoms with Gasteiger partial charge < -0.3 is 4.74 Å². The molecule has 0 saturated carbocycles. The Morgan fingerprint density at radius 3 is 1.31 bits per heavy atom. The molecule has 210 valence electrons. The van der Waals surface area contributed by atoms with Crippen molar-refractivity contribution in [2.75, 3.05) is 6.61 Å². The molecule has 35 heavy (non-hydrogen) atoms. The Morgan fingerprint density at radius 2 is 0.886 bits per heavy atom. The fourth-order valence-corrected chi connectivity index (χ4v) is 4.94. The van der Waals surface area contributed by atoms with E-state index in [1.807, 2.05) is 0 Å². The van der Waals surface area contributed by atoms with Gasteiger partial charge in [0.25, 0.3) is 0 Å². The molecule has 1 atom stereocenters. The standard InChI is InChI=1S/C33H66O2/c1-4-6-7-8-9-17-21-24-27-30-33(34)35-31-28-25-22-19-16-14-12-10-11-13-15-18-20-23-26-29-32(3)5-2/h32H,4-31H2,1-3H3. The Hall–Kier alpha value is -0.530. The van der Waals surface area contributed by atoms with Crippen LogP contribution in [-0.2, 0) is 9.53 Å². The van der Waals surface area contributed by atoms with Gasteiger partial charge in [-0.15, -0.1) is 0 Å². The quantitative estimate of drug-likeness (QED) is 0.0763. The van der Waals surface area contributed by atoms with E-state index in [0.29, 0.717) is 13.0 Å². The number of hydrogen-bond donors (Lipinski definition) is 0. The van der Waals surface area contributed by atoms with Crippen LogP contribution in [0.5, 0.6) is 0 Å². The summed E-state index contributed by atoms with van der Waals surface area (Å²) in [6.07, 6.45) is 35.7. The van der Waals surface area contributed by atoms with Gasteiger partial charge >= 0.3 is 5.97 Å². The summed E-state index contributed by atoms with van der Waals surface area (Å²) in [6.45, 7) is 7.60. The Labute approximate surface area is 222 Å². The van der Waals surface area contributed by atoms with Gasteiger partial charge in [0.1, 0.15) is 0 Å². The van der Waals surface area contributed by atoms with Gasteiger partial charge in [0, 0.05) is 6.42 Å². The molecule has 0 aliphatic rings. The van der Waals surface area contributed by atoms with Crippen molar-refractivity contribution in [3.63, 3.8) is 0 Å². The minimum atomic E-state index is 0.0227. The lowest BCUT2D eigenvalue weighted by atomic mass is 9.99. The second-order valence-corrected chi connectivity index (χ2v) is 11.4. The van der Waals surface area contributed by atoms with Gasteiger partial charge in [0.15, 0.2) is 0 Å². The molecule has 0 aliphatic carbocycles. The first-order valence-corrected chi connectivity index (χ1v) is 16.4. The monoisotopic (exact) mass is 495 g/mol. The van der Waals surface area contributed by atoms with Gasteiger partial charge in [-0.3, -0.25) is 4.79 Å². The molecule has 2 nitrogen and oxygen atoms in total. The summed E-state index contributed by atoms with van der Waals surface area (Å²) in [5, 5.41) is 0. The molecule has 0 aromatic carbocycles. The number of unbranched alkanes of at least 4 members (excludes halogenated alkanes) is 22. The smallest absolute Gasteiger partial charge is 0.305 e. The lowest BCUT2D eigenvalue weighted by molar-refractivity contribution is -0.143. The highest BCUT2D eigenvalue weighted by Crippen LogP contribution is 2.16. The van der Waals surface area contributed by atoms with Gasteiger partial charge in [0.2, 0.25) is 0 Å². The molecule has 0 aromatic rings. The summed E-state index contributed by atoms with van der Waals surface area (Å²) < 4.78 is 5.41. The van der Waals surface area contributed by atoms with Gasteiger partial charge in [-0.05, 0) is 18.8 Å². The molecule has 2 heteroatoms. The summed E-state index contributed by atoms with van der Waals surface area (Å²) in [4.78, 5) is 11.8. The largest absolute Gasteiger partial charge is 0.466 e. The van der Waals surface area contributed by atoms with Gasteiger partial charge in [0.05, 0.1) is 6.61 Å². The second kappa shape index (κ2) is 29.7. The molecular formula is C33H66O2. The van der Waals surface area contributed by atoms with Crippen LogP contribution in [0.4, 0.5) is 0 Å². The third-order valence-electron chi connectivity index (χ3n) is 7.79. The van der Waals surface area contributed by atoms with Crippen LogP contribution in [0.2, 0.25) is 0 Å². The Morgan fingerprint density at radius 1 is 0.514 bits per heavy atom. The maximum atomic E-state index is 11.8. The molecule has 1 unspecified atom stereocenters. The fraction of sp³-hybridized carbons (Fsp3) is 0.970. The molecule has 0 fully saturated rings. The molecule has 0 amide bonds. The van der Waals surface area contributed by atoms with Gasteiger partial charge in [-0.2, -0.15) is 0 Å². The summed E-state index contributed by atoms with van der Waals surface area (Å²) in [5.41, 5.74) is 0. The van der Waals surface area contributed by atoms with Crippen LogP contribution in [0.3, 0.4) is 0 Å². The molecule has 0 saturated heterocycles. The van der Waals surface area contributed by atoms with E-state index < -0.39 is 0 Å². The fourth-order valence-electron chi connectivity index (χ4n) is 4.94. The summed E-state index contributed by atoms with van der Waals surface area (Å²) in [7, 11) is 0. The van der Waals surface area contributed by atoms with Crippen molar-refractivity contribution in [3.8, 4) is 0 Å². The maximum Gasteiger partial charge on any atom is 0.305 e. The first-order valence-electron chi connectivity index (χ1n) is 16.4. The zero-order chi connectivity index (χ0) is 25.7. The molecule has 0 aliphatic heterocycles. The van der Waals surface area contributed by atoms with Crippen molar-refractivity contribution in [3.05, 3.63) is 0 Å². The van der Waals surface area contributed by atoms with E-state index in [4.69, 9.17) is 4.74 Å². The van der Waals surface area contributed by atoms with E-state index in [0.717, 1.165) is 18.8 Å². The predicted molar refractivity (Wildman–Crippen MR) is 156 cm³/mol. The molecule has 0 rings (SSSR count). The van der Waals surface area contributed by atoms with Crippen molar-refractivity contribution in [2.24, 2.45) is 5.92 Å². The average Bonchev–Trinajstić information content (AvgIpc) is 2.86. The van der Waals surface area contributed by atoms with Crippen LogP contribution < -0.4 is 0 Å². The summed E-state index contributed by atoms with van der Waals surface area (Å²) >= 11 is 0. The van der Waals surface area contributed by atoms with E-state index in [9.17, 15) is 4.79 Å². The first kappa shape index (κ1) is 34.5. The van der Waals surface area contributed by atoms with Crippen molar-refractivity contribution in [2.45, 2.75) is 194 Å². The normalized spacial score (nSPS) is 12.2. The molecule has 0 radical (unpaired) electrons. The van der Waals surface area contributed by atoms with Crippen molar-refractivity contribution in [1.29, 1.82) is 0 Å². The lowest BCUT2D eigenvalue weighted by Crippen LogP contribution is -2.05. The van der Waals surface area contributed by atoms with E-state index in [-0.39, 0.29) is 5.97 Å². The topological polar surface area (TPSA) is 26.3 Å². The number of esters is 1. The number of hydrogen-bond acceptors (Lipinski definition) is 2. The highest BCUT2D eigenvalue weighted by molar-refractivity contribution is 5.69. The van der Waals surface area contributed by atoms with Crippen LogP contribution in [0.25, 0.3) is 0 Å². The Kier molecular flexibility index (Phi) is 29.2. The second-order valence-electron chi connectivity index (χ2n) is 11.4. The van der Waals surface area contributed by atoms with Crippen LogP contribution in [0, 0.1) is 5.92 Å². The van der Waals surface area contributed by atoms with Crippen molar-refractivity contribution < 1.29 is 9.53 Å². The predicted octanol–water partition coefficient (Wildman–Crippen LogP) is 11.7. The van der Waals surface area contributed by atoms with Crippen LogP contribution in [0.1, 0.15) is 194 Å². The summed E-state index contributed by atoms with van der Waals surface area (Å²) in [6, 6.07) is 0. The number of carbonyl (C=O) groups excluding carboxylic acids is 1. The minimum absolute atomic E-state index is 0.0227. The Balaban J connectivity index is 3.14. The molecule has 0 spiro atoms. The van der Waals surface area contributed by atoms with Crippen LogP contribution in [0.15, 0.2) is 0 Å². The zero-order valence-corrected chi connectivity index (χ0v) is 24.7. The van der Waals surface area contributed by atoms with E-state index >= 15 is 0 Å². The van der Waals surface area contributed by atoms with Gasteiger partial charge in [-0.25, -0.2) is 0 Å². The maximum absolute atomic E-state index is 11.8. The third kappa shape index (κ3) is 29.6. The van der Waals surface area contributed by atoms with Crippen LogP contribution >= 0.6 is 0 Å². The minimum Gasteiger partial charge on any atom is -0.466 e. The van der Waals surface area contributed by atoms with Crippen LogP contribution in [-0.4, -0.2) is 12.6 Å². The van der Waals surface area contributed by atoms with Crippen molar-refractivity contribution >= 4 is 5.97 Å². The lowest BCUT2D eigenvalue weighted by Gasteiger charge is -2.07.